The standard InChI is InChI=1S/C24H34ClN3O4.C2HF3O2/c1-17(2)7-9-28(10-8-18-11-21(31-3)13-22(12-18)32-4)16-20(29)15-27-24(30)19-5-6-23(25)26-14-19;3-2(4,5)1(6)7/h5-6,11-14,17,20,29H,7-10,15-16H2,1-4H3,(H,27,30);(H,6,7). The molecule has 1 atom stereocenters. The van der Waals surface area contributed by atoms with Crippen molar-refractivity contribution in [1.82, 2.24) is 15.2 Å². The van der Waals surface area contributed by atoms with Crippen molar-refractivity contribution in [3.63, 3.8) is 0 Å². The van der Waals surface area contributed by atoms with Gasteiger partial charge in [-0.3, -0.25) is 4.79 Å². The number of carbonyl (C=O) groups excluding carboxylic acids is 1. The molecule has 1 heterocycles. The molecule has 39 heavy (non-hydrogen) atoms. The summed E-state index contributed by atoms with van der Waals surface area (Å²) in [6.45, 7) is 6.63. The Morgan fingerprint density at radius 1 is 1.10 bits per heavy atom. The first kappa shape index (κ1) is 33.9. The Labute approximate surface area is 230 Å². The van der Waals surface area contributed by atoms with Crippen molar-refractivity contribution in [2.24, 2.45) is 5.92 Å². The minimum absolute atomic E-state index is 0.159. The molecule has 9 nitrogen and oxygen atoms in total. The van der Waals surface area contributed by atoms with E-state index in [0.717, 1.165) is 43.0 Å². The van der Waals surface area contributed by atoms with Crippen molar-refractivity contribution in [1.29, 1.82) is 0 Å². The van der Waals surface area contributed by atoms with Gasteiger partial charge in [0, 0.05) is 31.9 Å². The Balaban J connectivity index is 0.000000956. The molecule has 0 aliphatic rings. The number of aliphatic hydroxyl groups excluding tert-OH is 1. The Kier molecular flexibility index (Phi) is 14.6. The minimum atomic E-state index is -5.08. The van der Waals surface area contributed by atoms with Crippen LogP contribution in [0.15, 0.2) is 36.5 Å². The number of pyridine rings is 1. The van der Waals surface area contributed by atoms with Gasteiger partial charge in [-0.15, -0.1) is 0 Å². The van der Waals surface area contributed by atoms with Crippen LogP contribution in [0.4, 0.5) is 13.2 Å². The van der Waals surface area contributed by atoms with Gasteiger partial charge in [0.05, 0.1) is 25.9 Å². The molecule has 2 aromatic rings. The first-order chi connectivity index (χ1) is 18.2. The van der Waals surface area contributed by atoms with Crippen LogP contribution in [-0.2, 0) is 11.2 Å². The van der Waals surface area contributed by atoms with Crippen LogP contribution < -0.4 is 14.8 Å². The van der Waals surface area contributed by atoms with E-state index in [2.05, 4.69) is 29.0 Å². The van der Waals surface area contributed by atoms with Gasteiger partial charge >= 0.3 is 12.1 Å². The number of alkyl halides is 3. The van der Waals surface area contributed by atoms with Crippen LogP contribution >= 0.6 is 11.6 Å². The number of nitrogens with zero attached hydrogens (tertiary/aromatic N) is 2. The van der Waals surface area contributed by atoms with Gasteiger partial charge in [-0.2, -0.15) is 13.2 Å². The summed E-state index contributed by atoms with van der Waals surface area (Å²) in [6, 6.07) is 9.02. The second kappa shape index (κ2) is 16.8. The van der Waals surface area contributed by atoms with Gasteiger partial charge in [0.1, 0.15) is 16.7 Å². The average Bonchev–Trinajstić information content (AvgIpc) is 2.88. The third-order valence-corrected chi connectivity index (χ3v) is 5.57. The van der Waals surface area contributed by atoms with Gasteiger partial charge in [-0.25, -0.2) is 9.78 Å². The largest absolute Gasteiger partial charge is 0.497 e. The van der Waals surface area contributed by atoms with E-state index in [-0.39, 0.29) is 12.5 Å². The molecular weight excluding hydrogens is 543 g/mol. The maximum Gasteiger partial charge on any atom is 0.490 e. The van der Waals surface area contributed by atoms with Gasteiger partial charge < -0.3 is 29.9 Å². The monoisotopic (exact) mass is 577 g/mol. The Bertz CT molecular complexity index is 1020. The number of aromatic nitrogens is 1. The number of carboxylic acids is 1. The fraction of sp³-hybridized carbons (Fsp3) is 0.500. The molecule has 0 aliphatic heterocycles. The molecule has 13 heteroatoms. The number of rotatable bonds is 13. The molecule has 1 aromatic carbocycles. The molecular formula is C26H35ClF3N3O6. The highest BCUT2D eigenvalue weighted by atomic mass is 35.5. The Morgan fingerprint density at radius 2 is 1.69 bits per heavy atom. The zero-order chi connectivity index (χ0) is 29.6. The van der Waals surface area contributed by atoms with E-state index in [9.17, 15) is 23.1 Å². The second-order valence-electron chi connectivity index (χ2n) is 8.99. The van der Waals surface area contributed by atoms with Crippen molar-refractivity contribution in [3.8, 4) is 11.5 Å². The second-order valence-corrected chi connectivity index (χ2v) is 9.38. The van der Waals surface area contributed by atoms with Crippen molar-refractivity contribution >= 4 is 23.5 Å². The molecule has 0 bridgehead atoms. The van der Waals surface area contributed by atoms with Gasteiger partial charge in [-0.05, 0) is 55.1 Å². The number of methoxy groups -OCH3 is 2. The lowest BCUT2D eigenvalue weighted by Gasteiger charge is -2.26. The highest BCUT2D eigenvalue weighted by Crippen LogP contribution is 2.23. The van der Waals surface area contributed by atoms with Gasteiger partial charge in [0.15, 0.2) is 0 Å². The third-order valence-electron chi connectivity index (χ3n) is 5.35. The SMILES string of the molecule is COc1cc(CCN(CCC(C)C)CC(O)CNC(=O)c2ccc(Cl)nc2)cc(OC)c1.O=C(O)C(F)(F)F. The van der Waals surface area contributed by atoms with Crippen LogP contribution in [0.5, 0.6) is 11.5 Å². The van der Waals surface area contributed by atoms with Crippen LogP contribution in [0.3, 0.4) is 0 Å². The number of carbonyl (C=O) groups is 2. The number of aliphatic hydroxyl groups is 1. The van der Waals surface area contributed by atoms with Crippen molar-refractivity contribution in [2.45, 2.75) is 39.0 Å². The van der Waals surface area contributed by atoms with Crippen LogP contribution in [-0.4, -0.2) is 84.7 Å². The van der Waals surface area contributed by atoms with Gasteiger partial charge in [0.2, 0.25) is 0 Å². The highest BCUT2D eigenvalue weighted by molar-refractivity contribution is 6.29. The smallest absolute Gasteiger partial charge is 0.490 e. The summed E-state index contributed by atoms with van der Waals surface area (Å²) < 4.78 is 42.5. The van der Waals surface area contributed by atoms with Gasteiger partial charge in [0.25, 0.3) is 5.91 Å². The number of hydrogen-bond donors (Lipinski definition) is 3. The summed E-state index contributed by atoms with van der Waals surface area (Å²) >= 11 is 5.76. The molecule has 0 aliphatic carbocycles. The van der Waals surface area contributed by atoms with E-state index in [4.69, 9.17) is 31.0 Å². The molecule has 1 unspecified atom stereocenters. The number of amides is 1. The van der Waals surface area contributed by atoms with Crippen LogP contribution in [0.25, 0.3) is 0 Å². The molecule has 1 amide bonds. The third kappa shape index (κ3) is 14.0. The van der Waals surface area contributed by atoms with E-state index < -0.39 is 18.2 Å². The number of benzene rings is 1. The fourth-order valence-corrected chi connectivity index (χ4v) is 3.33. The summed E-state index contributed by atoms with van der Waals surface area (Å²) in [5, 5.41) is 20.8. The molecule has 1 aromatic heterocycles. The zero-order valence-corrected chi connectivity index (χ0v) is 23.1. The Hall–Kier alpha value is -3.09. The first-order valence-electron chi connectivity index (χ1n) is 12.1. The normalized spacial score (nSPS) is 12.0. The number of halogens is 4. The van der Waals surface area contributed by atoms with Crippen molar-refractivity contribution < 1.29 is 42.4 Å². The molecule has 218 valence electrons. The molecule has 0 saturated carbocycles. The van der Waals surface area contributed by atoms with Crippen LogP contribution in [0, 0.1) is 5.92 Å². The molecule has 3 N–H and O–H groups in total. The van der Waals surface area contributed by atoms with Crippen LogP contribution in [0.1, 0.15) is 36.2 Å². The number of aliphatic carboxylic acids is 1. The molecule has 0 fully saturated rings. The van der Waals surface area contributed by atoms with E-state index >= 15 is 0 Å². The van der Waals surface area contributed by atoms with E-state index in [1.807, 2.05) is 18.2 Å². The summed E-state index contributed by atoms with van der Waals surface area (Å²) in [7, 11) is 3.27. The summed E-state index contributed by atoms with van der Waals surface area (Å²) in [5.74, 6) is -0.971. The van der Waals surface area contributed by atoms with E-state index in [1.54, 1.807) is 26.4 Å². The highest BCUT2D eigenvalue weighted by Gasteiger charge is 2.38. The lowest BCUT2D eigenvalue weighted by atomic mass is 10.1. The minimum Gasteiger partial charge on any atom is -0.497 e. The predicted molar refractivity (Wildman–Crippen MR) is 140 cm³/mol. The molecule has 0 saturated heterocycles. The zero-order valence-electron chi connectivity index (χ0n) is 22.3. The lowest BCUT2D eigenvalue weighted by molar-refractivity contribution is -0.192. The fourth-order valence-electron chi connectivity index (χ4n) is 3.22. The quantitative estimate of drug-likeness (QED) is 0.305. The maximum atomic E-state index is 12.3. The van der Waals surface area contributed by atoms with E-state index in [0.29, 0.717) is 23.2 Å². The predicted octanol–water partition coefficient (Wildman–Crippen LogP) is 4.07. The number of carboxylic acid groups (broad SMARTS) is 1. The lowest BCUT2D eigenvalue weighted by Crippen LogP contribution is -2.41. The Morgan fingerprint density at radius 3 is 2.15 bits per heavy atom. The van der Waals surface area contributed by atoms with Gasteiger partial charge in [-0.1, -0.05) is 25.4 Å². The maximum absolute atomic E-state index is 12.3. The van der Waals surface area contributed by atoms with Crippen molar-refractivity contribution in [2.75, 3.05) is 40.4 Å². The molecule has 2 rings (SSSR count). The van der Waals surface area contributed by atoms with E-state index in [1.165, 1.54) is 6.20 Å². The molecule has 0 radical (unpaired) electrons. The summed E-state index contributed by atoms with van der Waals surface area (Å²) in [6.07, 6.45) is -2.54. The number of hydrogen-bond acceptors (Lipinski definition) is 7. The first-order valence-corrected chi connectivity index (χ1v) is 12.4. The number of nitrogens with one attached hydrogen (secondary N) is 1. The number of ether oxygens (including phenoxy) is 2. The topological polar surface area (TPSA) is 121 Å². The summed E-state index contributed by atoms with van der Waals surface area (Å²) in [5.41, 5.74) is 1.51. The summed E-state index contributed by atoms with van der Waals surface area (Å²) in [4.78, 5) is 27.3. The average molecular weight is 578 g/mol. The van der Waals surface area contributed by atoms with Crippen LogP contribution in [0.2, 0.25) is 5.15 Å². The molecule has 0 spiro atoms. The van der Waals surface area contributed by atoms with Crippen molar-refractivity contribution in [3.05, 3.63) is 52.8 Å².